The molecule has 0 bridgehead atoms. The van der Waals surface area contributed by atoms with Crippen molar-refractivity contribution in [1.82, 2.24) is 20.0 Å². The topological polar surface area (TPSA) is 94.0 Å². The van der Waals surface area contributed by atoms with Crippen LogP contribution >= 0.6 is 11.3 Å². The molecule has 7 nitrogen and oxygen atoms in total. The second-order valence-electron chi connectivity index (χ2n) is 4.06. The molecule has 0 aliphatic heterocycles. The van der Waals surface area contributed by atoms with Crippen LogP contribution in [0.15, 0.2) is 40.6 Å². The second kappa shape index (κ2) is 5.25. The molecule has 0 unspecified atom stereocenters. The van der Waals surface area contributed by atoms with E-state index in [4.69, 9.17) is 4.42 Å². The molecular formula is C12H10N4O3S. The third kappa shape index (κ3) is 2.45. The minimum absolute atomic E-state index is 0.211. The summed E-state index contributed by atoms with van der Waals surface area (Å²) in [5.41, 5.74) is 0.561. The molecule has 0 saturated heterocycles. The first-order valence-corrected chi connectivity index (χ1v) is 6.69. The van der Waals surface area contributed by atoms with E-state index >= 15 is 0 Å². The zero-order valence-corrected chi connectivity index (χ0v) is 11.0. The summed E-state index contributed by atoms with van der Waals surface area (Å²) >= 11 is 1.42. The summed E-state index contributed by atoms with van der Waals surface area (Å²) in [5, 5.41) is 19.7. The molecule has 0 radical (unpaired) electrons. The molecular weight excluding hydrogens is 280 g/mol. The van der Waals surface area contributed by atoms with Gasteiger partial charge in [0, 0.05) is 18.0 Å². The number of aliphatic carboxylic acids is 1. The Morgan fingerprint density at radius 2 is 2.45 bits per heavy atom. The summed E-state index contributed by atoms with van der Waals surface area (Å²) in [6.07, 6.45) is 4.97. The normalized spacial score (nSPS) is 12.4. The lowest BCUT2D eigenvalue weighted by Crippen LogP contribution is -2.21. The van der Waals surface area contributed by atoms with Crippen molar-refractivity contribution in [3.63, 3.8) is 0 Å². The lowest BCUT2D eigenvalue weighted by Gasteiger charge is -2.09. The van der Waals surface area contributed by atoms with Gasteiger partial charge in [-0.1, -0.05) is 5.21 Å². The SMILES string of the molecule is O=C(O)[C@@H](Cc1ccco1)n1cc(-c2nccs2)nn1. The third-order valence-corrected chi connectivity index (χ3v) is 3.54. The van der Waals surface area contributed by atoms with Crippen LogP contribution in [0.5, 0.6) is 0 Å². The number of nitrogens with zero attached hydrogens (tertiary/aromatic N) is 4. The average Bonchev–Trinajstić information content (AvgIpc) is 3.16. The Hall–Kier alpha value is -2.48. The molecule has 0 amide bonds. The smallest absolute Gasteiger partial charge is 0.329 e. The summed E-state index contributed by atoms with van der Waals surface area (Å²) in [6, 6.07) is 2.59. The molecule has 3 rings (SSSR count). The Kier molecular flexibility index (Phi) is 3.30. The van der Waals surface area contributed by atoms with Crippen LogP contribution < -0.4 is 0 Å². The molecule has 8 heteroatoms. The lowest BCUT2D eigenvalue weighted by molar-refractivity contribution is -0.141. The molecule has 1 atom stereocenters. The van der Waals surface area contributed by atoms with Gasteiger partial charge in [-0.3, -0.25) is 0 Å². The van der Waals surface area contributed by atoms with Crippen LogP contribution in [0.25, 0.3) is 10.7 Å². The Bertz CT molecular complexity index is 690. The first-order chi connectivity index (χ1) is 9.74. The number of carboxylic acid groups (broad SMARTS) is 1. The molecule has 0 spiro atoms. The highest BCUT2D eigenvalue weighted by molar-refractivity contribution is 7.13. The minimum atomic E-state index is -0.989. The van der Waals surface area contributed by atoms with Crippen molar-refractivity contribution in [3.8, 4) is 10.7 Å². The van der Waals surface area contributed by atoms with Gasteiger partial charge in [-0.05, 0) is 12.1 Å². The van der Waals surface area contributed by atoms with Crippen LogP contribution in [0.4, 0.5) is 0 Å². The van der Waals surface area contributed by atoms with E-state index < -0.39 is 12.0 Å². The zero-order chi connectivity index (χ0) is 13.9. The fraction of sp³-hybridized carbons (Fsp3) is 0.167. The van der Waals surface area contributed by atoms with Gasteiger partial charge in [-0.15, -0.1) is 16.4 Å². The summed E-state index contributed by atoms with van der Waals surface area (Å²) in [7, 11) is 0. The van der Waals surface area contributed by atoms with Crippen molar-refractivity contribution < 1.29 is 14.3 Å². The standard InChI is InChI=1S/C12H10N4O3S/c17-12(18)10(6-8-2-1-4-19-8)16-7-9(14-15-16)11-13-3-5-20-11/h1-5,7,10H,6H2,(H,17,18)/t10-/m1/s1. The Labute approximate surface area is 117 Å². The summed E-state index contributed by atoms with van der Waals surface area (Å²) in [5.74, 6) is -0.402. The van der Waals surface area contributed by atoms with E-state index in [1.54, 1.807) is 24.5 Å². The van der Waals surface area contributed by atoms with Crippen LogP contribution in [0, 0.1) is 0 Å². The van der Waals surface area contributed by atoms with Gasteiger partial charge in [0.1, 0.15) is 16.5 Å². The number of thiazole rings is 1. The minimum Gasteiger partial charge on any atom is -0.480 e. The number of aromatic nitrogens is 4. The lowest BCUT2D eigenvalue weighted by atomic mass is 10.2. The van der Waals surface area contributed by atoms with E-state index in [2.05, 4.69) is 15.3 Å². The summed E-state index contributed by atoms with van der Waals surface area (Å²) in [4.78, 5) is 15.5. The van der Waals surface area contributed by atoms with Crippen molar-refractivity contribution in [3.05, 3.63) is 41.9 Å². The number of carbonyl (C=O) groups is 1. The van der Waals surface area contributed by atoms with Crippen LogP contribution in [-0.4, -0.2) is 31.1 Å². The molecule has 3 aromatic heterocycles. The van der Waals surface area contributed by atoms with Crippen molar-refractivity contribution in [1.29, 1.82) is 0 Å². The zero-order valence-electron chi connectivity index (χ0n) is 10.2. The van der Waals surface area contributed by atoms with E-state index in [0.717, 1.165) is 0 Å². The van der Waals surface area contributed by atoms with Gasteiger partial charge in [0.05, 0.1) is 12.5 Å². The van der Waals surface area contributed by atoms with Gasteiger partial charge >= 0.3 is 5.97 Å². The van der Waals surface area contributed by atoms with Gasteiger partial charge in [0.15, 0.2) is 6.04 Å². The van der Waals surface area contributed by atoms with Crippen molar-refractivity contribution >= 4 is 17.3 Å². The fourth-order valence-electron chi connectivity index (χ4n) is 1.79. The third-order valence-electron chi connectivity index (χ3n) is 2.74. The number of hydrogen-bond donors (Lipinski definition) is 1. The van der Waals surface area contributed by atoms with Crippen LogP contribution in [0.1, 0.15) is 11.8 Å². The highest BCUT2D eigenvalue weighted by Gasteiger charge is 2.23. The number of carboxylic acids is 1. The van der Waals surface area contributed by atoms with E-state index in [1.165, 1.54) is 22.3 Å². The van der Waals surface area contributed by atoms with Crippen LogP contribution in [-0.2, 0) is 11.2 Å². The van der Waals surface area contributed by atoms with Gasteiger partial charge < -0.3 is 9.52 Å². The number of furan rings is 1. The Morgan fingerprint density at radius 1 is 1.55 bits per heavy atom. The molecule has 0 aliphatic carbocycles. The first-order valence-electron chi connectivity index (χ1n) is 5.81. The van der Waals surface area contributed by atoms with Crippen molar-refractivity contribution in [2.24, 2.45) is 0 Å². The number of rotatable bonds is 5. The van der Waals surface area contributed by atoms with E-state index in [0.29, 0.717) is 16.5 Å². The molecule has 3 aromatic rings. The highest BCUT2D eigenvalue weighted by atomic mass is 32.1. The molecule has 0 fully saturated rings. The van der Waals surface area contributed by atoms with Gasteiger partial charge in [-0.25, -0.2) is 14.5 Å². The summed E-state index contributed by atoms with van der Waals surface area (Å²) in [6.45, 7) is 0. The molecule has 0 saturated carbocycles. The van der Waals surface area contributed by atoms with E-state index in [1.807, 2.05) is 5.38 Å². The van der Waals surface area contributed by atoms with Gasteiger partial charge in [0.25, 0.3) is 0 Å². The largest absolute Gasteiger partial charge is 0.480 e. The fourth-order valence-corrected chi connectivity index (χ4v) is 2.38. The maximum absolute atomic E-state index is 11.4. The molecule has 0 aromatic carbocycles. The van der Waals surface area contributed by atoms with Crippen LogP contribution in [0.3, 0.4) is 0 Å². The number of hydrogen-bond acceptors (Lipinski definition) is 6. The van der Waals surface area contributed by atoms with Gasteiger partial charge in [-0.2, -0.15) is 0 Å². The molecule has 3 heterocycles. The predicted molar refractivity (Wildman–Crippen MR) is 70.2 cm³/mol. The van der Waals surface area contributed by atoms with Crippen molar-refractivity contribution in [2.75, 3.05) is 0 Å². The maximum atomic E-state index is 11.4. The monoisotopic (exact) mass is 290 g/mol. The quantitative estimate of drug-likeness (QED) is 0.770. The molecule has 20 heavy (non-hydrogen) atoms. The second-order valence-corrected chi connectivity index (χ2v) is 4.95. The van der Waals surface area contributed by atoms with Crippen molar-refractivity contribution in [2.45, 2.75) is 12.5 Å². The molecule has 1 N–H and O–H groups in total. The first kappa shape index (κ1) is 12.5. The Morgan fingerprint density at radius 3 is 3.10 bits per heavy atom. The average molecular weight is 290 g/mol. The highest BCUT2D eigenvalue weighted by Crippen LogP contribution is 2.21. The van der Waals surface area contributed by atoms with E-state index in [9.17, 15) is 9.90 Å². The van der Waals surface area contributed by atoms with Crippen LogP contribution in [0.2, 0.25) is 0 Å². The molecule has 0 aliphatic rings. The molecule has 102 valence electrons. The van der Waals surface area contributed by atoms with E-state index in [-0.39, 0.29) is 6.42 Å². The predicted octanol–water partition coefficient (Wildman–Crippen LogP) is 1.86. The summed E-state index contributed by atoms with van der Waals surface area (Å²) < 4.78 is 6.50. The Balaban J connectivity index is 1.86. The van der Waals surface area contributed by atoms with Gasteiger partial charge in [0.2, 0.25) is 0 Å². The maximum Gasteiger partial charge on any atom is 0.329 e.